The SMILES string of the molecule is Cc1ccc(Nc2nc(Cl)nc3sc(C)c(C)c23)cc1. The summed E-state index contributed by atoms with van der Waals surface area (Å²) in [6.45, 7) is 6.24. The van der Waals surface area contributed by atoms with Crippen LogP contribution in [0.4, 0.5) is 11.5 Å². The summed E-state index contributed by atoms with van der Waals surface area (Å²) in [5, 5.41) is 4.67. The molecular formula is C15H14ClN3S. The maximum Gasteiger partial charge on any atom is 0.225 e. The monoisotopic (exact) mass is 303 g/mol. The molecule has 0 atom stereocenters. The Labute approximate surface area is 126 Å². The van der Waals surface area contributed by atoms with Crippen molar-refractivity contribution in [2.75, 3.05) is 5.32 Å². The number of hydrogen-bond acceptors (Lipinski definition) is 4. The second-order valence-electron chi connectivity index (χ2n) is 4.80. The predicted octanol–water partition coefficient (Wildman–Crippen LogP) is 5.01. The van der Waals surface area contributed by atoms with E-state index in [1.54, 1.807) is 11.3 Å². The van der Waals surface area contributed by atoms with Gasteiger partial charge in [-0.05, 0) is 50.1 Å². The molecule has 0 aliphatic rings. The summed E-state index contributed by atoms with van der Waals surface area (Å²) < 4.78 is 0. The number of hydrogen-bond donors (Lipinski definition) is 1. The average Bonchev–Trinajstić information content (AvgIpc) is 2.67. The van der Waals surface area contributed by atoms with E-state index < -0.39 is 0 Å². The molecule has 0 unspecified atom stereocenters. The molecule has 0 spiro atoms. The van der Waals surface area contributed by atoms with Crippen LogP contribution in [0.15, 0.2) is 24.3 Å². The molecule has 2 heterocycles. The molecule has 0 aliphatic carbocycles. The highest BCUT2D eigenvalue weighted by Gasteiger charge is 2.14. The zero-order valence-corrected chi connectivity index (χ0v) is 13.1. The van der Waals surface area contributed by atoms with Gasteiger partial charge in [0.15, 0.2) is 0 Å². The lowest BCUT2D eigenvalue weighted by Crippen LogP contribution is -1.96. The van der Waals surface area contributed by atoms with E-state index in [2.05, 4.69) is 48.2 Å². The van der Waals surface area contributed by atoms with Crippen molar-refractivity contribution in [3.05, 3.63) is 45.6 Å². The zero-order chi connectivity index (χ0) is 14.3. The summed E-state index contributed by atoms with van der Waals surface area (Å²) in [5.74, 6) is 0.769. The number of fused-ring (bicyclic) bond motifs is 1. The predicted molar refractivity (Wildman–Crippen MR) is 86.4 cm³/mol. The lowest BCUT2D eigenvalue weighted by Gasteiger charge is -2.08. The number of nitrogens with one attached hydrogen (secondary N) is 1. The van der Waals surface area contributed by atoms with Gasteiger partial charge in [-0.25, -0.2) is 4.98 Å². The van der Waals surface area contributed by atoms with Gasteiger partial charge in [-0.3, -0.25) is 0 Å². The van der Waals surface area contributed by atoms with Crippen LogP contribution in [-0.2, 0) is 0 Å². The molecule has 0 aliphatic heterocycles. The molecule has 0 fully saturated rings. The highest BCUT2D eigenvalue weighted by atomic mass is 35.5. The average molecular weight is 304 g/mol. The Morgan fingerprint density at radius 3 is 2.45 bits per heavy atom. The van der Waals surface area contributed by atoms with Crippen molar-refractivity contribution in [2.24, 2.45) is 0 Å². The van der Waals surface area contributed by atoms with Crippen molar-refractivity contribution >= 4 is 44.7 Å². The van der Waals surface area contributed by atoms with Gasteiger partial charge in [-0.1, -0.05) is 17.7 Å². The molecule has 0 radical (unpaired) electrons. The van der Waals surface area contributed by atoms with Crippen LogP contribution in [0.5, 0.6) is 0 Å². The molecule has 20 heavy (non-hydrogen) atoms. The molecule has 3 aromatic rings. The minimum Gasteiger partial charge on any atom is -0.340 e. The zero-order valence-electron chi connectivity index (χ0n) is 11.5. The van der Waals surface area contributed by atoms with Crippen LogP contribution in [0.25, 0.3) is 10.2 Å². The van der Waals surface area contributed by atoms with Crippen LogP contribution in [0.1, 0.15) is 16.0 Å². The van der Waals surface area contributed by atoms with E-state index in [1.165, 1.54) is 16.0 Å². The molecule has 0 saturated carbocycles. The third kappa shape index (κ3) is 2.37. The van der Waals surface area contributed by atoms with E-state index in [9.17, 15) is 0 Å². The molecule has 0 bridgehead atoms. The Hall–Kier alpha value is -1.65. The second kappa shape index (κ2) is 5.04. The molecule has 102 valence electrons. The largest absolute Gasteiger partial charge is 0.340 e. The Morgan fingerprint density at radius 2 is 1.75 bits per heavy atom. The number of halogens is 1. The van der Waals surface area contributed by atoms with Gasteiger partial charge >= 0.3 is 0 Å². The molecule has 5 heteroatoms. The number of benzene rings is 1. The third-order valence-corrected chi connectivity index (χ3v) is 4.59. The van der Waals surface area contributed by atoms with Crippen LogP contribution in [0.2, 0.25) is 5.28 Å². The molecule has 3 nitrogen and oxygen atoms in total. The first-order valence-electron chi connectivity index (χ1n) is 6.31. The first kappa shape index (κ1) is 13.3. The molecule has 1 aromatic carbocycles. The van der Waals surface area contributed by atoms with Gasteiger partial charge in [0.25, 0.3) is 0 Å². The van der Waals surface area contributed by atoms with Crippen LogP contribution < -0.4 is 5.32 Å². The van der Waals surface area contributed by atoms with Crippen molar-refractivity contribution in [1.29, 1.82) is 0 Å². The van der Waals surface area contributed by atoms with Crippen LogP contribution >= 0.6 is 22.9 Å². The second-order valence-corrected chi connectivity index (χ2v) is 6.34. The molecular weight excluding hydrogens is 290 g/mol. The number of anilines is 2. The van der Waals surface area contributed by atoms with E-state index >= 15 is 0 Å². The Morgan fingerprint density at radius 1 is 1.05 bits per heavy atom. The quantitative estimate of drug-likeness (QED) is 0.676. The van der Waals surface area contributed by atoms with Gasteiger partial charge in [-0.15, -0.1) is 11.3 Å². The molecule has 0 saturated heterocycles. The van der Waals surface area contributed by atoms with E-state index in [0.717, 1.165) is 21.7 Å². The van der Waals surface area contributed by atoms with Gasteiger partial charge in [0, 0.05) is 10.6 Å². The minimum atomic E-state index is 0.272. The maximum absolute atomic E-state index is 6.02. The highest BCUT2D eigenvalue weighted by molar-refractivity contribution is 7.18. The van der Waals surface area contributed by atoms with E-state index in [-0.39, 0.29) is 5.28 Å². The number of thiophene rings is 1. The number of aromatic nitrogens is 2. The topological polar surface area (TPSA) is 37.8 Å². The third-order valence-electron chi connectivity index (χ3n) is 3.32. The first-order chi connectivity index (χ1) is 9.54. The standard InChI is InChI=1S/C15H14ClN3S/c1-8-4-6-11(7-5-8)17-13-12-9(2)10(3)20-14(12)19-15(16)18-13/h4-7H,1-3H3,(H,17,18,19). The number of aryl methyl sites for hydroxylation is 3. The lowest BCUT2D eigenvalue weighted by atomic mass is 10.2. The number of nitrogens with zero attached hydrogens (tertiary/aromatic N) is 2. The number of rotatable bonds is 2. The Balaban J connectivity index is 2.12. The fraction of sp³-hybridized carbons (Fsp3) is 0.200. The Kier molecular flexibility index (Phi) is 3.36. The van der Waals surface area contributed by atoms with Gasteiger partial charge < -0.3 is 5.32 Å². The smallest absolute Gasteiger partial charge is 0.225 e. The van der Waals surface area contributed by atoms with Gasteiger partial charge in [0.1, 0.15) is 10.6 Å². The van der Waals surface area contributed by atoms with Crippen LogP contribution in [0, 0.1) is 20.8 Å². The van der Waals surface area contributed by atoms with Crippen molar-refractivity contribution in [3.63, 3.8) is 0 Å². The lowest BCUT2D eigenvalue weighted by molar-refractivity contribution is 1.22. The van der Waals surface area contributed by atoms with Gasteiger partial charge in [0.05, 0.1) is 5.39 Å². The molecule has 0 amide bonds. The van der Waals surface area contributed by atoms with Gasteiger partial charge in [0.2, 0.25) is 5.28 Å². The first-order valence-corrected chi connectivity index (χ1v) is 7.51. The van der Waals surface area contributed by atoms with Crippen molar-refractivity contribution < 1.29 is 0 Å². The Bertz CT molecular complexity index is 778. The van der Waals surface area contributed by atoms with Gasteiger partial charge in [-0.2, -0.15) is 4.98 Å². The van der Waals surface area contributed by atoms with Crippen LogP contribution in [0.3, 0.4) is 0 Å². The fourth-order valence-electron chi connectivity index (χ4n) is 2.09. The summed E-state index contributed by atoms with van der Waals surface area (Å²) in [4.78, 5) is 10.8. The summed E-state index contributed by atoms with van der Waals surface area (Å²) in [6, 6.07) is 8.19. The summed E-state index contributed by atoms with van der Waals surface area (Å²) in [6.07, 6.45) is 0. The maximum atomic E-state index is 6.02. The summed E-state index contributed by atoms with van der Waals surface area (Å²) in [7, 11) is 0. The van der Waals surface area contributed by atoms with Crippen LogP contribution in [-0.4, -0.2) is 9.97 Å². The highest BCUT2D eigenvalue weighted by Crippen LogP contribution is 2.35. The fourth-order valence-corrected chi connectivity index (χ4v) is 3.34. The molecule has 3 rings (SSSR count). The van der Waals surface area contributed by atoms with E-state index in [4.69, 9.17) is 11.6 Å². The summed E-state index contributed by atoms with van der Waals surface area (Å²) >= 11 is 7.67. The normalized spacial score (nSPS) is 11.0. The van der Waals surface area contributed by atoms with Crippen molar-refractivity contribution in [3.8, 4) is 0 Å². The van der Waals surface area contributed by atoms with E-state index in [1.807, 2.05) is 12.1 Å². The van der Waals surface area contributed by atoms with Crippen molar-refractivity contribution in [1.82, 2.24) is 9.97 Å². The van der Waals surface area contributed by atoms with E-state index in [0.29, 0.717) is 0 Å². The minimum absolute atomic E-state index is 0.272. The summed E-state index contributed by atoms with van der Waals surface area (Å²) in [5.41, 5.74) is 3.43. The molecule has 1 N–H and O–H groups in total. The van der Waals surface area contributed by atoms with Crippen molar-refractivity contribution in [2.45, 2.75) is 20.8 Å². The molecule has 2 aromatic heterocycles.